The van der Waals surface area contributed by atoms with Gasteiger partial charge < -0.3 is 5.32 Å². The molecule has 2 unspecified atom stereocenters. The van der Waals surface area contributed by atoms with Crippen LogP contribution in [0.25, 0.3) is 0 Å². The fourth-order valence-electron chi connectivity index (χ4n) is 1.57. The van der Waals surface area contributed by atoms with Gasteiger partial charge in [0.1, 0.15) is 0 Å². The second kappa shape index (κ2) is 7.85. The van der Waals surface area contributed by atoms with Gasteiger partial charge in [-0.3, -0.25) is 4.21 Å². The summed E-state index contributed by atoms with van der Waals surface area (Å²) in [5.74, 6) is 0.625. The minimum absolute atomic E-state index is 0.298. The van der Waals surface area contributed by atoms with Gasteiger partial charge in [-0.2, -0.15) is 0 Å². The lowest BCUT2D eigenvalue weighted by Crippen LogP contribution is -2.34. The maximum absolute atomic E-state index is 12.2. The molecule has 2 atom stereocenters. The molecular formula is C13H20ClNOS. The highest BCUT2D eigenvalue weighted by Crippen LogP contribution is 2.19. The van der Waals surface area contributed by atoms with Crippen molar-refractivity contribution in [2.24, 2.45) is 0 Å². The van der Waals surface area contributed by atoms with Gasteiger partial charge in [-0.1, -0.05) is 37.6 Å². The molecule has 0 saturated heterocycles. The second-order valence-electron chi connectivity index (χ2n) is 4.00. The summed E-state index contributed by atoms with van der Waals surface area (Å²) in [6, 6.07) is 7.65. The van der Waals surface area contributed by atoms with Crippen LogP contribution in [0.5, 0.6) is 0 Å². The molecule has 17 heavy (non-hydrogen) atoms. The summed E-state index contributed by atoms with van der Waals surface area (Å²) in [6.45, 7) is 5.21. The molecule has 96 valence electrons. The Morgan fingerprint density at radius 1 is 1.35 bits per heavy atom. The molecular weight excluding hydrogens is 254 g/mol. The molecule has 0 aliphatic heterocycles. The number of hydrogen-bond donors (Lipinski definition) is 1. The minimum atomic E-state index is -1.02. The smallest absolute Gasteiger partial charge is 0.0574 e. The molecule has 0 aromatic heterocycles. The Morgan fingerprint density at radius 2 is 2.06 bits per heavy atom. The van der Waals surface area contributed by atoms with Crippen molar-refractivity contribution in [2.75, 3.05) is 12.3 Å². The maximum Gasteiger partial charge on any atom is 0.0574 e. The van der Waals surface area contributed by atoms with E-state index in [0.717, 1.165) is 24.3 Å². The lowest BCUT2D eigenvalue weighted by atomic mass is 10.2. The first-order valence-electron chi connectivity index (χ1n) is 6.05. The molecule has 0 radical (unpaired) electrons. The summed E-state index contributed by atoms with van der Waals surface area (Å²) in [6.07, 6.45) is 2.07. The Bertz CT molecular complexity index is 370. The van der Waals surface area contributed by atoms with Crippen molar-refractivity contribution in [3.05, 3.63) is 29.3 Å². The van der Waals surface area contributed by atoms with Gasteiger partial charge in [0.25, 0.3) is 0 Å². The van der Waals surface area contributed by atoms with Crippen LogP contribution in [0, 0.1) is 0 Å². The highest BCUT2D eigenvalue weighted by atomic mass is 35.5. The van der Waals surface area contributed by atoms with Crippen molar-refractivity contribution in [3.63, 3.8) is 0 Å². The van der Waals surface area contributed by atoms with Crippen LogP contribution in [0.2, 0.25) is 5.02 Å². The zero-order chi connectivity index (χ0) is 12.7. The zero-order valence-electron chi connectivity index (χ0n) is 10.4. The first-order chi connectivity index (χ1) is 8.19. The van der Waals surface area contributed by atoms with Crippen LogP contribution in [0.15, 0.2) is 29.2 Å². The van der Waals surface area contributed by atoms with Gasteiger partial charge in [-0.15, -0.1) is 0 Å². The van der Waals surface area contributed by atoms with Crippen molar-refractivity contribution in [2.45, 2.75) is 37.6 Å². The minimum Gasteiger partial charge on any atom is -0.313 e. The zero-order valence-corrected chi connectivity index (χ0v) is 12.0. The molecule has 4 heteroatoms. The van der Waals surface area contributed by atoms with E-state index in [4.69, 9.17) is 11.6 Å². The van der Waals surface area contributed by atoms with Crippen molar-refractivity contribution < 1.29 is 4.21 Å². The Hall–Kier alpha value is -0.380. The van der Waals surface area contributed by atoms with Gasteiger partial charge in [-0.05, 0) is 31.5 Å². The van der Waals surface area contributed by atoms with Crippen molar-refractivity contribution >= 4 is 22.4 Å². The summed E-state index contributed by atoms with van der Waals surface area (Å²) >= 11 is 6.04. The number of nitrogens with one attached hydrogen (secondary N) is 1. The summed E-state index contributed by atoms with van der Waals surface area (Å²) in [5, 5.41) is 4.00. The third-order valence-electron chi connectivity index (χ3n) is 2.61. The molecule has 1 N–H and O–H groups in total. The maximum atomic E-state index is 12.2. The largest absolute Gasteiger partial charge is 0.313 e. The van der Waals surface area contributed by atoms with Crippen molar-refractivity contribution in [3.8, 4) is 0 Å². The van der Waals surface area contributed by atoms with Crippen LogP contribution in [0.1, 0.15) is 26.7 Å². The fourth-order valence-corrected chi connectivity index (χ4v) is 3.38. The molecule has 0 amide bonds. The summed E-state index contributed by atoms with van der Waals surface area (Å²) in [5.41, 5.74) is 0. The molecule has 0 saturated carbocycles. The highest BCUT2D eigenvalue weighted by molar-refractivity contribution is 7.85. The molecule has 0 fully saturated rings. The van der Waals surface area contributed by atoms with E-state index in [-0.39, 0.29) is 0 Å². The van der Waals surface area contributed by atoms with Crippen molar-refractivity contribution in [1.29, 1.82) is 0 Å². The summed E-state index contributed by atoms with van der Waals surface area (Å²) < 4.78 is 12.2. The van der Waals surface area contributed by atoms with Crippen LogP contribution in [0.4, 0.5) is 0 Å². The molecule has 1 aromatic carbocycles. The van der Waals surface area contributed by atoms with Gasteiger partial charge in [0.15, 0.2) is 0 Å². The Balaban J connectivity index is 2.61. The van der Waals surface area contributed by atoms with Gasteiger partial charge in [0.2, 0.25) is 0 Å². The highest BCUT2D eigenvalue weighted by Gasteiger charge is 2.13. The van der Waals surface area contributed by atoms with Crippen LogP contribution in [0.3, 0.4) is 0 Å². The number of benzene rings is 1. The third kappa shape index (κ3) is 4.78. The van der Waals surface area contributed by atoms with E-state index in [9.17, 15) is 4.21 Å². The first-order valence-corrected chi connectivity index (χ1v) is 7.75. The average Bonchev–Trinajstić information content (AvgIpc) is 2.34. The molecule has 0 spiro atoms. The Morgan fingerprint density at radius 3 is 2.65 bits per heavy atom. The predicted molar refractivity (Wildman–Crippen MR) is 75.1 cm³/mol. The van der Waals surface area contributed by atoms with Crippen LogP contribution in [-0.2, 0) is 10.8 Å². The molecule has 0 aliphatic carbocycles. The summed E-state index contributed by atoms with van der Waals surface area (Å²) in [7, 11) is -1.02. The van der Waals surface area contributed by atoms with Crippen molar-refractivity contribution in [1.82, 2.24) is 5.32 Å². The second-order valence-corrected chi connectivity index (χ2v) is 5.87. The fraction of sp³-hybridized carbons (Fsp3) is 0.538. The molecule has 0 bridgehead atoms. The lowest BCUT2D eigenvalue weighted by molar-refractivity contribution is 0.534. The van der Waals surface area contributed by atoms with Gasteiger partial charge >= 0.3 is 0 Å². The topological polar surface area (TPSA) is 29.1 Å². The van der Waals surface area contributed by atoms with Gasteiger partial charge in [0.05, 0.1) is 20.7 Å². The van der Waals surface area contributed by atoms with Crippen LogP contribution in [-0.4, -0.2) is 22.5 Å². The normalized spacial score (nSPS) is 14.5. The third-order valence-corrected chi connectivity index (χ3v) is 4.60. The predicted octanol–water partition coefficient (Wildman–Crippen LogP) is 3.23. The summed E-state index contributed by atoms with van der Waals surface area (Å²) in [4.78, 5) is 0.742. The van der Waals surface area contributed by atoms with E-state index in [2.05, 4.69) is 19.2 Å². The number of rotatable bonds is 7. The average molecular weight is 274 g/mol. The molecule has 1 aromatic rings. The Kier molecular flexibility index (Phi) is 6.78. The molecule has 0 aliphatic rings. The molecule has 0 heterocycles. The number of halogens is 1. The van der Waals surface area contributed by atoms with E-state index >= 15 is 0 Å². The molecule has 2 nitrogen and oxygen atoms in total. The number of hydrogen-bond acceptors (Lipinski definition) is 2. The Labute approximate surface area is 111 Å². The van der Waals surface area contributed by atoms with E-state index in [1.165, 1.54) is 0 Å². The van der Waals surface area contributed by atoms with E-state index in [1.54, 1.807) is 6.07 Å². The van der Waals surface area contributed by atoms with E-state index in [0.29, 0.717) is 16.8 Å². The standard InChI is InChI=1S/C13H20ClNOS/c1-3-9-15-11(4-2)10-17(16)13-8-6-5-7-12(13)14/h5-8,11,15H,3-4,9-10H2,1-2H3. The monoisotopic (exact) mass is 273 g/mol. The van der Waals surface area contributed by atoms with Gasteiger partial charge in [0, 0.05) is 11.8 Å². The van der Waals surface area contributed by atoms with Crippen LogP contribution >= 0.6 is 11.6 Å². The van der Waals surface area contributed by atoms with Gasteiger partial charge in [-0.25, -0.2) is 0 Å². The van der Waals surface area contributed by atoms with E-state index < -0.39 is 10.8 Å². The first kappa shape index (κ1) is 14.7. The lowest BCUT2D eigenvalue weighted by Gasteiger charge is -2.16. The molecule has 1 rings (SSSR count). The quantitative estimate of drug-likeness (QED) is 0.826. The van der Waals surface area contributed by atoms with Crippen LogP contribution < -0.4 is 5.32 Å². The SMILES string of the molecule is CCCNC(CC)CS(=O)c1ccccc1Cl. The van der Waals surface area contributed by atoms with E-state index in [1.807, 2.05) is 18.2 Å².